The van der Waals surface area contributed by atoms with Crippen LogP contribution in [0.25, 0.3) is 0 Å². The van der Waals surface area contributed by atoms with Gasteiger partial charge in [-0.3, -0.25) is 0 Å². The molecule has 0 aromatic carbocycles. The van der Waals surface area contributed by atoms with Crippen molar-refractivity contribution >= 4 is 11.8 Å². The number of ether oxygens (including phenoxy) is 1. The topological polar surface area (TPSA) is 59.3 Å². The molecule has 0 bridgehead atoms. The van der Waals surface area contributed by atoms with E-state index in [2.05, 4.69) is 37.5 Å². The summed E-state index contributed by atoms with van der Waals surface area (Å²) in [5, 5.41) is 0. The molecule has 0 amide bonds. The van der Waals surface area contributed by atoms with Crippen LogP contribution in [-0.2, 0) is 11.3 Å². The second-order valence-corrected chi connectivity index (χ2v) is 6.43. The highest BCUT2D eigenvalue weighted by molar-refractivity contribution is 5.45. The quantitative estimate of drug-likeness (QED) is 0.847. The summed E-state index contributed by atoms with van der Waals surface area (Å²) >= 11 is 0. The molecule has 2 fully saturated rings. The first-order chi connectivity index (χ1) is 11.8. The van der Waals surface area contributed by atoms with E-state index in [1.54, 1.807) is 0 Å². The zero-order chi connectivity index (χ0) is 16.4. The summed E-state index contributed by atoms with van der Waals surface area (Å²) in [6, 6.07) is 2.49. The Morgan fingerprint density at radius 1 is 1.17 bits per heavy atom. The summed E-state index contributed by atoms with van der Waals surface area (Å²) in [5.74, 6) is 2.92. The van der Waals surface area contributed by atoms with Crippen molar-refractivity contribution in [3.63, 3.8) is 0 Å². The summed E-state index contributed by atoms with van der Waals surface area (Å²) in [6.45, 7) is 7.29. The van der Waals surface area contributed by atoms with Crippen molar-refractivity contribution in [2.75, 3.05) is 42.6 Å². The monoisotopic (exact) mass is 328 g/mol. The first kappa shape index (κ1) is 15.4. The molecule has 0 spiro atoms. The minimum Gasteiger partial charge on any atom is -0.378 e. The molecule has 0 aliphatic carbocycles. The molecule has 2 aromatic heterocycles. The molecule has 2 aliphatic rings. The highest BCUT2D eigenvalue weighted by atomic mass is 16.5. The molecule has 2 saturated heterocycles. The average molecular weight is 328 g/mol. The lowest BCUT2D eigenvalue weighted by Crippen LogP contribution is -2.38. The Morgan fingerprint density at radius 2 is 2.04 bits per heavy atom. The van der Waals surface area contributed by atoms with Crippen LogP contribution in [0.4, 0.5) is 11.8 Å². The van der Waals surface area contributed by atoms with Crippen LogP contribution in [0.5, 0.6) is 0 Å². The lowest BCUT2D eigenvalue weighted by molar-refractivity contribution is 0.122. The van der Waals surface area contributed by atoms with Gasteiger partial charge in [-0.15, -0.1) is 0 Å². The van der Waals surface area contributed by atoms with Gasteiger partial charge in [-0.25, -0.2) is 9.97 Å². The molecular formula is C17H24N6O. The van der Waals surface area contributed by atoms with Gasteiger partial charge in [-0.2, -0.15) is 4.98 Å². The maximum Gasteiger partial charge on any atom is 0.227 e. The van der Waals surface area contributed by atoms with E-state index in [-0.39, 0.29) is 0 Å². The van der Waals surface area contributed by atoms with Crippen molar-refractivity contribution in [2.45, 2.75) is 32.4 Å². The molecule has 7 nitrogen and oxygen atoms in total. The van der Waals surface area contributed by atoms with Crippen LogP contribution in [0.3, 0.4) is 0 Å². The van der Waals surface area contributed by atoms with Crippen molar-refractivity contribution in [1.29, 1.82) is 0 Å². The Balaban J connectivity index is 1.52. The van der Waals surface area contributed by atoms with Crippen LogP contribution in [0, 0.1) is 6.92 Å². The molecule has 128 valence electrons. The zero-order valence-electron chi connectivity index (χ0n) is 14.1. The molecule has 1 unspecified atom stereocenters. The standard InChI is InChI=1S/C17H24N6O/c1-14-18-6-8-22(14)13-15-3-2-7-23(15)16-4-5-19-17(20-16)21-9-11-24-12-10-21/h4-6,8,15H,2-3,7,9-13H2,1H3. The van der Waals surface area contributed by atoms with E-state index < -0.39 is 0 Å². The zero-order valence-corrected chi connectivity index (χ0v) is 14.1. The van der Waals surface area contributed by atoms with Crippen molar-refractivity contribution < 1.29 is 4.74 Å². The molecule has 2 aliphatic heterocycles. The Kier molecular flexibility index (Phi) is 4.34. The first-order valence-corrected chi connectivity index (χ1v) is 8.71. The summed E-state index contributed by atoms with van der Waals surface area (Å²) in [5.41, 5.74) is 0. The second kappa shape index (κ2) is 6.76. The molecule has 4 rings (SSSR count). The van der Waals surface area contributed by atoms with Gasteiger partial charge in [0.15, 0.2) is 0 Å². The summed E-state index contributed by atoms with van der Waals surface area (Å²) in [6.07, 6.45) is 8.20. The Hall–Kier alpha value is -2.15. The second-order valence-electron chi connectivity index (χ2n) is 6.43. The number of rotatable bonds is 4. The predicted molar refractivity (Wildman–Crippen MR) is 92.4 cm³/mol. The lowest BCUT2D eigenvalue weighted by Gasteiger charge is -2.29. The van der Waals surface area contributed by atoms with E-state index in [9.17, 15) is 0 Å². The van der Waals surface area contributed by atoms with Crippen molar-refractivity contribution in [1.82, 2.24) is 19.5 Å². The van der Waals surface area contributed by atoms with E-state index in [1.165, 1.54) is 12.8 Å². The molecule has 0 radical (unpaired) electrons. The number of hydrogen-bond acceptors (Lipinski definition) is 6. The highest BCUT2D eigenvalue weighted by Crippen LogP contribution is 2.26. The van der Waals surface area contributed by atoms with Gasteiger partial charge in [-0.1, -0.05) is 0 Å². The summed E-state index contributed by atoms with van der Waals surface area (Å²) in [7, 11) is 0. The number of morpholine rings is 1. The molecule has 24 heavy (non-hydrogen) atoms. The third kappa shape index (κ3) is 3.08. The number of hydrogen-bond donors (Lipinski definition) is 0. The van der Waals surface area contributed by atoms with E-state index in [1.807, 2.05) is 18.5 Å². The van der Waals surface area contributed by atoms with E-state index >= 15 is 0 Å². The van der Waals surface area contributed by atoms with Gasteiger partial charge >= 0.3 is 0 Å². The molecule has 2 aromatic rings. The normalized spacial score (nSPS) is 21.5. The fourth-order valence-electron chi connectivity index (χ4n) is 3.57. The van der Waals surface area contributed by atoms with Crippen LogP contribution in [0.1, 0.15) is 18.7 Å². The average Bonchev–Trinajstić information content (AvgIpc) is 3.26. The van der Waals surface area contributed by atoms with Gasteiger partial charge in [-0.05, 0) is 25.8 Å². The Morgan fingerprint density at radius 3 is 2.83 bits per heavy atom. The Bertz CT molecular complexity index is 681. The lowest BCUT2D eigenvalue weighted by atomic mass is 10.2. The molecule has 0 saturated carbocycles. The van der Waals surface area contributed by atoms with E-state index in [0.29, 0.717) is 6.04 Å². The van der Waals surface area contributed by atoms with Gasteiger partial charge in [0.2, 0.25) is 5.95 Å². The highest BCUT2D eigenvalue weighted by Gasteiger charge is 2.27. The number of nitrogens with zero attached hydrogens (tertiary/aromatic N) is 6. The van der Waals surface area contributed by atoms with Gasteiger partial charge < -0.3 is 19.1 Å². The molecule has 1 atom stereocenters. The third-order valence-electron chi connectivity index (χ3n) is 4.92. The summed E-state index contributed by atoms with van der Waals surface area (Å²) < 4.78 is 7.65. The first-order valence-electron chi connectivity index (χ1n) is 8.71. The minimum atomic E-state index is 0.463. The largest absolute Gasteiger partial charge is 0.378 e. The van der Waals surface area contributed by atoms with Crippen molar-refractivity contribution in [3.05, 3.63) is 30.5 Å². The fraction of sp³-hybridized carbons (Fsp3) is 0.588. The van der Waals surface area contributed by atoms with Crippen LogP contribution >= 0.6 is 0 Å². The molecular weight excluding hydrogens is 304 g/mol. The van der Waals surface area contributed by atoms with E-state index in [4.69, 9.17) is 9.72 Å². The number of imidazole rings is 1. The van der Waals surface area contributed by atoms with E-state index in [0.717, 1.165) is 57.0 Å². The summed E-state index contributed by atoms with van der Waals surface area (Å²) in [4.78, 5) is 18.3. The van der Waals surface area contributed by atoms with Crippen molar-refractivity contribution in [3.8, 4) is 0 Å². The smallest absolute Gasteiger partial charge is 0.227 e. The fourth-order valence-corrected chi connectivity index (χ4v) is 3.57. The minimum absolute atomic E-state index is 0.463. The third-order valence-corrected chi connectivity index (χ3v) is 4.92. The van der Waals surface area contributed by atoms with Crippen LogP contribution < -0.4 is 9.80 Å². The number of aromatic nitrogens is 4. The SMILES string of the molecule is Cc1nccn1CC1CCCN1c1ccnc(N2CCOCC2)n1. The van der Waals surface area contributed by atoms with Crippen LogP contribution in [0.15, 0.2) is 24.7 Å². The van der Waals surface area contributed by atoms with Crippen LogP contribution in [-0.4, -0.2) is 58.4 Å². The van der Waals surface area contributed by atoms with Gasteiger partial charge in [0.1, 0.15) is 11.6 Å². The molecule has 7 heteroatoms. The predicted octanol–water partition coefficient (Wildman–Crippen LogP) is 1.49. The van der Waals surface area contributed by atoms with Gasteiger partial charge in [0.25, 0.3) is 0 Å². The van der Waals surface area contributed by atoms with Crippen LogP contribution in [0.2, 0.25) is 0 Å². The molecule has 0 N–H and O–H groups in total. The van der Waals surface area contributed by atoms with Gasteiger partial charge in [0, 0.05) is 50.8 Å². The maximum atomic E-state index is 5.42. The van der Waals surface area contributed by atoms with Crippen molar-refractivity contribution in [2.24, 2.45) is 0 Å². The number of aryl methyl sites for hydroxylation is 1. The Labute approximate surface area is 142 Å². The van der Waals surface area contributed by atoms with Gasteiger partial charge in [0.05, 0.1) is 13.2 Å². The molecule has 4 heterocycles. The number of anilines is 2. The maximum absolute atomic E-state index is 5.42.